The van der Waals surface area contributed by atoms with Gasteiger partial charge in [0.15, 0.2) is 5.96 Å². The summed E-state index contributed by atoms with van der Waals surface area (Å²) in [5.41, 5.74) is 7.15. The van der Waals surface area contributed by atoms with Crippen molar-refractivity contribution in [2.45, 2.75) is 6.54 Å². The molecular formula is C16H16N4O2. The number of aromatic nitrogens is 1. The molecule has 3 N–H and O–H groups in total. The standard InChI is InChI=1S/C16H16N4O2/c1-21-15-6-7-19-9-13(15)20(16(17)18)10-12-8-11-4-2-3-5-14(11)22-12/h2-9H,10H2,1H3,(H3,17,18). The molecule has 2 aromatic heterocycles. The first-order chi connectivity index (χ1) is 10.7. The molecule has 0 unspecified atom stereocenters. The molecule has 0 radical (unpaired) electrons. The summed E-state index contributed by atoms with van der Waals surface area (Å²) < 4.78 is 11.1. The minimum Gasteiger partial charge on any atom is -0.494 e. The lowest BCUT2D eigenvalue weighted by atomic mass is 10.2. The highest BCUT2D eigenvalue weighted by Crippen LogP contribution is 2.29. The van der Waals surface area contributed by atoms with Crippen LogP contribution in [-0.4, -0.2) is 18.1 Å². The van der Waals surface area contributed by atoms with Crippen LogP contribution in [0.5, 0.6) is 5.75 Å². The van der Waals surface area contributed by atoms with Crippen molar-refractivity contribution in [3.8, 4) is 5.75 Å². The first-order valence-electron chi connectivity index (χ1n) is 6.76. The van der Waals surface area contributed by atoms with Gasteiger partial charge in [-0.25, -0.2) is 0 Å². The molecule has 2 heterocycles. The molecule has 3 aromatic rings. The Balaban J connectivity index is 1.96. The van der Waals surface area contributed by atoms with Crippen molar-refractivity contribution in [3.63, 3.8) is 0 Å². The SMILES string of the molecule is COc1ccncc1N(Cc1cc2ccccc2o1)C(=N)N. The molecule has 0 aliphatic heterocycles. The lowest BCUT2D eigenvalue weighted by Gasteiger charge is -2.22. The minimum absolute atomic E-state index is 0.105. The molecule has 0 saturated carbocycles. The third kappa shape index (κ3) is 2.58. The quantitative estimate of drug-likeness (QED) is 0.571. The Hall–Kier alpha value is -3.02. The molecule has 0 aliphatic carbocycles. The highest BCUT2D eigenvalue weighted by Gasteiger charge is 2.17. The number of pyridine rings is 1. The number of guanidine groups is 1. The van der Waals surface area contributed by atoms with Gasteiger partial charge in [-0.1, -0.05) is 18.2 Å². The second kappa shape index (κ2) is 5.77. The Morgan fingerprint density at radius 2 is 2.18 bits per heavy atom. The summed E-state index contributed by atoms with van der Waals surface area (Å²) in [6, 6.07) is 11.4. The van der Waals surface area contributed by atoms with E-state index in [1.807, 2.05) is 30.3 Å². The van der Waals surface area contributed by atoms with Crippen molar-refractivity contribution >= 4 is 22.6 Å². The highest BCUT2D eigenvalue weighted by atomic mass is 16.5. The topological polar surface area (TPSA) is 88.4 Å². The number of hydrogen-bond acceptors (Lipinski definition) is 4. The van der Waals surface area contributed by atoms with Gasteiger partial charge >= 0.3 is 0 Å². The van der Waals surface area contributed by atoms with Crippen LogP contribution >= 0.6 is 0 Å². The summed E-state index contributed by atoms with van der Waals surface area (Å²) in [5.74, 6) is 1.20. The minimum atomic E-state index is -0.105. The number of nitrogens with zero attached hydrogens (tertiary/aromatic N) is 2. The van der Waals surface area contributed by atoms with E-state index in [2.05, 4.69) is 4.98 Å². The van der Waals surface area contributed by atoms with Crippen LogP contribution in [0.3, 0.4) is 0 Å². The molecule has 0 atom stereocenters. The van der Waals surface area contributed by atoms with Crippen molar-refractivity contribution in [2.75, 3.05) is 12.0 Å². The molecule has 0 spiro atoms. The van der Waals surface area contributed by atoms with Crippen LogP contribution in [0.1, 0.15) is 5.76 Å². The fourth-order valence-electron chi connectivity index (χ4n) is 2.32. The summed E-state index contributed by atoms with van der Waals surface area (Å²) in [4.78, 5) is 5.66. The van der Waals surface area contributed by atoms with Crippen LogP contribution in [0.4, 0.5) is 5.69 Å². The molecular weight excluding hydrogens is 280 g/mol. The number of rotatable bonds is 4. The van der Waals surface area contributed by atoms with Crippen molar-refractivity contribution in [2.24, 2.45) is 5.73 Å². The molecule has 0 bridgehead atoms. The Labute approximate surface area is 127 Å². The van der Waals surface area contributed by atoms with Crippen molar-refractivity contribution in [3.05, 3.63) is 54.6 Å². The van der Waals surface area contributed by atoms with Crippen LogP contribution in [0.25, 0.3) is 11.0 Å². The van der Waals surface area contributed by atoms with Gasteiger partial charge in [0.2, 0.25) is 0 Å². The van der Waals surface area contributed by atoms with Crippen molar-refractivity contribution in [1.82, 2.24) is 4.98 Å². The van der Waals surface area contributed by atoms with Crippen LogP contribution in [0.2, 0.25) is 0 Å². The van der Waals surface area contributed by atoms with E-state index in [9.17, 15) is 0 Å². The zero-order valence-corrected chi connectivity index (χ0v) is 12.1. The predicted octanol–water partition coefficient (Wildman–Crippen LogP) is 2.74. The second-order valence-electron chi connectivity index (χ2n) is 4.77. The zero-order valence-electron chi connectivity index (χ0n) is 12.1. The van der Waals surface area contributed by atoms with Gasteiger partial charge in [0.25, 0.3) is 0 Å². The Morgan fingerprint density at radius 1 is 1.36 bits per heavy atom. The first-order valence-corrected chi connectivity index (χ1v) is 6.76. The number of hydrogen-bond donors (Lipinski definition) is 2. The molecule has 0 aliphatic rings. The lowest BCUT2D eigenvalue weighted by molar-refractivity contribution is 0.414. The normalized spacial score (nSPS) is 10.6. The molecule has 6 nitrogen and oxygen atoms in total. The van der Waals surface area contributed by atoms with E-state index in [1.165, 1.54) is 0 Å². The number of benzene rings is 1. The summed E-state index contributed by atoms with van der Waals surface area (Å²) in [6.45, 7) is 0.325. The number of fused-ring (bicyclic) bond motifs is 1. The number of anilines is 1. The van der Waals surface area contributed by atoms with Crippen molar-refractivity contribution < 1.29 is 9.15 Å². The fraction of sp³-hybridized carbons (Fsp3) is 0.125. The van der Waals surface area contributed by atoms with Crippen LogP contribution in [0.15, 0.2) is 53.2 Å². The second-order valence-corrected chi connectivity index (χ2v) is 4.77. The average Bonchev–Trinajstić information content (AvgIpc) is 2.95. The third-order valence-electron chi connectivity index (χ3n) is 3.35. The highest BCUT2D eigenvalue weighted by molar-refractivity contribution is 5.93. The Kier molecular flexibility index (Phi) is 3.65. The lowest BCUT2D eigenvalue weighted by Crippen LogP contribution is -2.36. The van der Waals surface area contributed by atoms with Gasteiger partial charge in [-0.2, -0.15) is 0 Å². The molecule has 0 amide bonds. The molecule has 112 valence electrons. The number of ether oxygens (including phenoxy) is 1. The van der Waals surface area contributed by atoms with E-state index < -0.39 is 0 Å². The van der Waals surface area contributed by atoms with Gasteiger partial charge in [0.05, 0.1) is 19.9 Å². The molecule has 0 fully saturated rings. The summed E-state index contributed by atoms with van der Waals surface area (Å²) in [6.07, 6.45) is 3.24. The van der Waals surface area contributed by atoms with Crippen molar-refractivity contribution in [1.29, 1.82) is 5.41 Å². The maximum Gasteiger partial charge on any atom is 0.193 e. The van der Waals surface area contributed by atoms with Gasteiger partial charge in [-0.15, -0.1) is 0 Å². The smallest absolute Gasteiger partial charge is 0.193 e. The van der Waals surface area contributed by atoms with Crippen LogP contribution in [0, 0.1) is 5.41 Å². The number of nitrogens with one attached hydrogen (secondary N) is 1. The van der Waals surface area contributed by atoms with E-state index in [1.54, 1.807) is 30.5 Å². The van der Waals surface area contributed by atoms with E-state index in [0.717, 1.165) is 11.0 Å². The Morgan fingerprint density at radius 3 is 2.91 bits per heavy atom. The maximum atomic E-state index is 7.82. The largest absolute Gasteiger partial charge is 0.494 e. The molecule has 1 aromatic carbocycles. The van der Waals surface area contributed by atoms with Gasteiger partial charge in [-0.3, -0.25) is 10.4 Å². The van der Waals surface area contributed by atoms with Gasteiger partial charge in [0, 0.05) is 17.6 Å². The number of methoxy groups -OCH3 is 1. The summed E-state index contributed by atoms with van der Waals surface area (Å²) in [7, 11) is 1.57. The summed E-state index contributed by atoms with van der Waals surface area (Å²) >= 11 is 0. The van der Waals surface area contributed by atoms with E-state index in [4.69, 9.17) is 20.3 Å². The van der Waals surface area contributed by atoms with E-state index in [0.29, 0.717) is 23.7 Å². The van der Waals surface area contributed by atoms with Crippen LogP contribution in [-0.2, 0) is 6.54 Å². The maximum absolute atomic E-state index is 7.82. The van der Waals surface area contributed by atoms with Gasteiger partial charge in [0.1, 0.15) is 22.8 Å². The first kappa shape index (κ1) is 13.9. The zero-order chi connectivity index (χ0) is 15.5. The van der Waals surface area contributed by atoms with E-state index >= 15 is 0 Å². The number of nitrogens with two attached hydrogens (primary N) is 1. The third-order valence-corrected chi connectivity index (χ3v) is 3.35. The molecule has 6 heteroatoms. The van der Waals surface area contributed by atoms with Gasteiger partial charge < -0.3 is 19.8 Å². The molecule has 22 heavy (non-hydrogen) atoms. The summed E-state index contributed by atoms with van der Waals surface area (Å²) in [5, 5.41) is 8.84. The fourth-order valence-corrected chi connectivity index (χ4v) is 2.32. The van der Waals surface area contributed by atoms with Gasteiger partial charge in [-0.05, 0) is 12.1 Å². The molecule has 3 rings (SSSR count). The molecule has 0 saturated heterocycles. The van der Waals surface area contributed by atoms with E-state index in [-0.39, 0.29) is 5.96 Å². The Bertz CT molecular complexity index is 780. The predicted molar refractivity (Wildman–Crippen MR) is 85.1 cm³/mol. The number of furan rings is 1. The number of para-hydroxylation sites is 1. The monoisotopic (exact) mass is 296 g/mol. The van der Waals surface area contributed by atoms with Crippen LogP contribution < -0.4 is 15.4 Å². The average molecular weight is 296 g/mol.